The van der Waals surface area contributed by atoms with Crippen molar-refractivity contribution in [2.24, 2.45) is 0 Å². The summed E-state index contributed by atoms with van der Waals surface area (Å²) in [4.78, 5) is 12.3. The molecule has 4 heteroatoms. The second-order valence-electron chi connectivity index (χ2n) is 12.9. The molecule has 1 heterocycles. The summed E-state index contributed by atoms with van der Waals surface area (Å²) in [7, 11) is 0. The Morgan fingerprint density at radius 3 is 1.65 bits per heavy atom. The van der Waals surface area contributed by atoms with Crippen molar-refractivity contribution >= 4 is 6.09 Å². The van der Waals surface area contributed by atoms with Gasteiger partial charge in [-0.3, -0.25) is 0 Å². The minimum absolute atomic E-state index is 0.118. The van der Waals surface area contributed by atoms with Crippen LogP contribution in [0.5, 0.6) is 0 Å². The lowest BCUT2D eigenvalue weighted by molar-refractivity contribution is 0.0989. The third-order valence-corrected chi connectivity index (χ3v) is 6.55. The lowest BCUT2D eigenvalue weighted by Crippen LogP contribution is -2.42. The summed E-state index contributed by atoms with van der Waals surface area (Å²) >= 11 is 0. The van der Waals surface area contributed by atoms with Crippen molar-refractivity contribution < 1.29 is 9.53 Å². The van der Waals surface area contributed by atoms with Gasteiger partial charge in [0.25, 0.3) is 0 Å². The highest BCUT2D eigenvalue weighted by Crippen LogP contribution is 2.35. The van der Waals surface area contributed by atoms with E-state index >= 15 is 0 Å². The lowest BCUT2D eigenvalue weighted by Gasteiger charge is -2.27. The van der Waals surface area contributed by atoms with Crippen LogP contribution in [0.1, 0.15) is 96.9 Å². The Morgan fingerprint density at radius 2 is 1.26 bits per heavy atom. The van der Waals surface area contributed by atoms with Crippen LogP contribution < -0.4 is 10.6 Å². The van der Waals surface area contributed by atoms with Crippen LogP contribution in [0.25, 0.3) is 0 Å². The zero-order valence-electron chi connectivity index (χ0n) is 22.6. The van der Waals surface area contributed by atoms with Gasteiger partial charge in [0, 0.05) is 30.5 Å². The molecule has 186 valence electrons. The van der Waals surface area contributed by atoms with Crippen molar-refractivity contribution in [3.05, 3.63) is 70.8 Å². The first kappa shape index (κ1) is 26.3. The van der Waals surface area contributed by atoms with Crippen LogP contribution in [0.2, 0.25) is 0 Å². The van der Waals surface area contributed by atoms with Gasteiger partial charge in [-0.05, 0) is 53.9 Å². The maximum atomic E-state index is 12.3. The molecule has 0 spiro atoms. The highest BCUT2D eigenvalue weighted by Gasteiger charge is 2.35. The van der Waals surface area contributed by atoms with Gasteiger partial charge >= 0.3 is 6.09 Å². The molecule has 2 aromatic rings. The molecule has 0 aliphatic carbocycles. The van der Waals surface area contributed by atoms with Gasteiger partial charge in [-0.25, -0.2) is 4.79 Å². The van der Waals surface area contributed by atoms with Gasteiger partial charge in [-0.15, -0.1) is 0 Å². The minimum Gasteiger partial charge on any atom is -0.445 e. The van der Waals surface area contributed by atoms with Gasteiger partial charge in [0.2, 0.25) is 0 Å². The number of hydrogen-bond acceptors (Lipinski definition) is 3. The van der Waals surface area contributed by atoms with E-state index in [0.29, 0.717) is 6.54 Å². The van der Waals surface area contributed by atoms with Crippen molar-refractivity contribution in [2.75, 3.05) is 6.54 Å². The van der Waals surface area contributed by atoms with E-state index in [-0.39, 0.29) is 40.5 Å². The Hall–Kier alpha value is -2.33. The predicted molar refractivity (Wildman–Crippen MR) is 142 cm³/mol. The van der Waals surface area contributed by atoms with Gasteiger partial charge in [0.1, 0.15) is 6.10 Å². The standard InChI is InChI=1S/C30H44N2O2/c1-28(2,3)22-14-10-20(11-15-22)26(21-12-16-23(17-13-21)29(4,5)6)25-18-24(19-31-25)34-27(33)32-30(7,8)9/h10-17,24-26,31H,18-19H2,1-9H3,(H,32,33)/t24-,25?/m1/s1. The van der Waals surface area contributed by atoms with Crippen LogP contribution in [0.15, 0.2) is 48.5 Å². The monoisotopic (exact) mass is 464 g/mol. The van der Waals surface area contributed by atoms with Gasteiger partial charge in [0.15, 0.2) is 0 Å². The minimum atomic E-state index is -0.347. The fourth-order valence-corrected chi connectivity index (χ4v) is 4.60. The number of nitrogens with one attached hydrogen (secondary N) is 2. The molecule has 1 amide bonds. The Morgan fingerprint density at radius 1 is 0.824 bits per heavy atom. The third kappa shape index (κ3) is 6.85. The second kappa shape index (κ2) is 9.73. The zero-order valence-corrected chi connectivity index (χ0v) is 22.6. The SMILES string of the molecule is CC(C)(C)NC(=O)O[C@H]1CNC(C(c2ccc(C(C)(C)C)cc2)c2ccc(C(C)(C)C)cc2)C1. The number of amides is 1. The second-order valence-corrected chi connectivity index (χ2v) is 12.9. The van der Waals surface area contributed by atoms with Crippen molar-refractivity contribution in [2.45, 2.75) is 103 Å². The number of alkyl carbamates (subject to hydrolysis) is 1. The predicted octanol–water partition coefficient (Wildman–Crippen LogP) is 6.67. The Balaban J connectivity index is 1.86. The summed E-state index contributed by atoms with van der Waals surface area (Å²) < 4.78 is 5.75. The van der Waals surface area contributed by atoms with E-state index in [1.165, 1.54) is 22.3 Å². The molecule has 2 aromatic carbocycles. The summed E-state index contributed by atoms with van der Waals surface area (Å²) in [6, 6.07) is 18.3. The van der Waals surface area contributed by atoms with E-state index in [4.69, 9.17) is 4.74 Å². The molecule has 1 unspecified atom stereocenters. The molecule has 0 aromatic heterocycles. The highest BCUT2D eigenvalue weighted by atomic mass is 16.6. The molecular formula is C30H44N2O2. The summed E-state index contributed by atoms with van der Waals surface area (Å²) in [5, 5.41) is 6.56. The van der Waals surface area contributed by atoms with E-state index < -0.39 is 0 Å². The van der Waals surface area contributed by atoms with E-state index in [2.05, 4.69) is 101 Å². The molecule has 4 nitrogen and oxygen atoms in total. The molecule has 3 rings (SSSR count). The molecule has 2 N–H and O–H groups in total. The van der Waals surface area contributed by atoms with Gasteiger partial charge in [-0.1, -0.05) is 90.1 Å². The maximum absolute atomic E-state index is 12.3. The summed E-state index contributed by atoms with van der Waals surface area (Å²) in [5.74, 6) is 0.183. The molecular weight excluding hydrogens is 420 g/mol. The third-order valence-electron chi connectivity index (χ3n) is 6.55. The molecule has 0 saturated carbocycles. The van der Waals surface area contributed by atoms with Gasteiger partial charge < -0.3 is 15.4 Å². The molecule has 1 fully saturated rings. The topological polar surface area (TPSA) is 50.4 Å². The van der Waals surface area contributed by atoms with Crippen LogP contribution in [0.3, 0.4) is 0 Å². The molecule has 34 heavy (non-hydrogen) atoms. The van der Waals surface area contributed by atoms with E-state index in [0.717, 1.165) is 6.42 Å². The molecule has 2 atom stereocenters. The largest absolute Gasteiger partial charge is 0.445 e. The Bertz CT molecular complexity index is 900. The maximum Gasteiger partial charge on any atom is 0.407 e. The highest BCUT2D eigenvalue weighted by molar-refractivity contribution is 5.68. The molecule has 0 radical (unpaired) electrons. The fraction of sp³-hybridized carbons (Fsp3) is 0.567. The number of ether oxygens (including phenoxy) is 1. The number of carbonyl (C=O) groups excluding carboxylic acids is 1. The summed E-state index contributed by atoms with van der Waals surface area (Å²) in [6.07, 6.45) is 0.294. The van der Waals surface area contributed by atoms with Crippen LogP contribution >= 0.6 is 0 Å². The van der Waals surface area contributed by atoms with Crippen LogP contribution in [0, 0.1) is 0 Å². The molecule has 1 aliphatic rings. The molecule has 1 aliphatic heterocycles. The first-order valence-electron chi connectivity index (χ1n) is 12.6. The number of benzene rings is 2. The van der Waals surface area contributed by atoms with Crippen LogP contribution in [-0.4, -0.2) is 30.3 Å². The van der Waals surface area contributed by atoms with E-state index in [1.54, 1.807) is 0 Å². The first-order chi connectivity index (χ1) is 15.6. The summed E-state index contributed by atoms with van der Waals surface area (Å²) in [5.41, 5.74) is 5.16. The molecule has 1 saturated heterocycles. The Kier molecular flexibility index (Phi) is 7.52. The average molecular weight is 465 g/mol. The lowest BCUT2D eigenvalue weighted by atomic mass is 9.80. The van der Waals surface area contributed by atoms with E-state index in [9.17, 15) is 4.79 Å². The normalized spacial score (nSPS) is 19.4. The smallest absolute Gasteiger partial charge is 0.407 e. The molecule has 0 bridgehead atoms. The number of rotatable bonds is 4. The van der Waals surface area contributed by atoms with Crippen LogP contribution in [0.4, 0.5) is 4.79 Å². The number of carbonyl (C=O) groups is 1. The van der Waals surface area contributed by atoms with Gasteiger partial charge in [-0.2, -0.15) is 0 Å². The van der Waals surface area contributed by atoms with Gasteiger partial charge in [0.05, 0.1) is 0 Å². The average Bonchev–Trinajstić information content (AvgIpc) is 3.14. The van der Waals surface area contributed by atoms with Crippen molar-refractivity contribution in [3.63, 3.8) is 0 Å². The van der Waals surface area contributed by atoms with Crippen molar-refractivity contribution in [3.8, 4) is 0 Å². The van der Waals surface area contributed by atoms with Crippen molar-refractivity contribution in [1.82, 2.24) is 10.6 Å². The van der Waals surface area contributed by atoms with Crippen LogP contribution in [-0.2, 0) is 15.6 Å². The zero-order chi connectivity index (χ0) is 25.3. The summed E-state index contributed by atoms with van der Waals surface area (Å²) in [6.45, 7) is 20.0. The first-order valence-corrected chi connectivity index (χ1v) is 12.6. The quantitative estimate of drug-likeness (QED) is 0.531. The Labute approximate surface area is 206 Å². The number of hydrogen-bond donors (Lipinski definition) is 2. The fourth-order valence-electron chi connectivity index (χ4n) is 4.60. The van der Waals surface area contributed by atoms with E-state index in [1.807, 2.05) is 20.8 Å². The van der Waals surface area contributed by atoms with Crippen molar-refractivity contribution in [1.29, 1.82) is 0 Å².